The maximum atomic E-state index is 12.6. The average Bonchev–Trinajstić information content (AvgIpc) is 3.10. The molecule has 3 rings (SSSR count). The molecule has 0 aliphatic carbocycles. The molecule has 0 atom stereocenters. The van der Waals surface area contributed by atoms with Crippen molar-refractivity contribution < 1.29 is 14.3 Å². The molecule has 2 aromatic carbocycles. The minimum atomic E-state index is -0.558. The highest BCUT2D eigenvalue weighted by Crippen LogP contribution is 2.35. The summed E-state index contributed by atoms with van der Waals surface area (Å²) in [5, 5.41) is 9.09. The number of fused-ring (bicyclic) bond motifs is 1. The van der Waals surface area contributed by atoms with Crippen molar-refractivity contribution in [2.45, 2.75) is 52.9 Å². The van der Waals surface area contributed by atoms with E-state index in [1.165, 1.54) is 0 Å². The van der Waals surface area contributed by atoms with E-state index >= 15 is 0 Å². The van der Waals surface area contributed by atoms with Crippen LogP contribution in [0, 0.1) is 11.3 Å². The Morgan fingerprint density at radius 3 is 2.40 bits per heavy atom. The summed E-state index contributed by atoms with van der Waals surface area (Å²) >= 11 is 0. The molecule has 0 radical (unpaired) electrons. The van der Waals surface area contributed by atoms with Crippen LogP contribution in [-0.2, 0) is 29.2 Å². The van der Waals surface area contributed by atoms with Crippen LogP contribution in [0.25, 0.3) is 11.1 Å². The zero-order valence-electron chi connectivity index (χ0n) is 18.2. The smallest absolute Gasteiger partial charge is 0.410 e. The average molecular weight is 405 g/mol. The van der Waals surface area contributed by atoms with Crippen LogP contribution in [0.2, 0.25) is 0 Å². The van der Waals surface area contributed by atoms with Crippen molar-refractivity contribution in [3.05, 3.63) is 58.7 Å². The third kappa shape index (κ3) is 4.80. The van der Waals surface area contributed by atoms with Gasteiger partial charge in [0.25, 0.3) is 0 Å². The minimum Gasteiger partial charge on any atom is -0.444 e. The van der Waals surface area contributed by atoms with Gasteiger partial charge in [-0.15, -0.1) is 0 Å². The molecule has 6 heteroatoms. The van der Waals surface area contributed by atoms with Crippen LogP contribution in [0.1, 0.15) is 49.9 Å². The lowest BCUT2D eigenvalue weighted by molar-refractivity contribution is -0.128. The second-order valence-electron chi connectivity index (χ2n) is 8.68. The number of nitrogens with zero attached hydrogens (tertiary/aromatic N) is 3. The van der Waals surface area contributed by atoms with E-state index < -0.39 is 5.60 Å². The summed E-state index contributed by atoms with van der Waals surface area (Å²) in [6.45, 7) is 8.51. The highest BCUT2D eigenvalue weighted by Gasteiger charge is 2.30. The van der Waals surface area contributed by atoms with E-state index in [-0.39, 0.29) is 12.0 Å². The summed E-state index contributed by atoms with van der Waals surface area (Å²) in [5.74, 6) is -0.00852. The van der Waals surface area contributed by atoms with Crippen molar-refractivity contribution in [3.8, 4) is 17.2 Å². The monoisotopic (exact) mass is 405 g/mol. The molecule has 0 saturated carbocycles. The van der Waals surface area contributed by atoms with Crippen LogP contribution in [0.5, 0.6) is 0 Å². The summed E-state index contributed by atoms with van der Waals surface area (Å²) in [4.78, 5) is 27.7. The molecule has 2 amide bonds. The lowest BCUT2D eigenvalue weighted by Gasteiger charge is -2.24. The van der Waals surface area contributed by atoms with Crippen LogP contribution in [0.15, 0.2) is 36.4 Å². The Balaban J connectivity index is 1.99. The number of hydrogen-bond acceptors (Lipinski definition) is 4. The summed E-state index contributed by atoms with van der Waals surface area (Å²) in [6.07, 6.45) is -0.341. The molecule has 2 aromatic rings. The second-order valence-corrected chi connectivity index (χ2v) is 8.68. The van der Waals surface area contributed by atoms with E-state index in [1.54, 1.807) is 35.9 Å². The van der Waals surface area contributed by atoms with E-state index in [1.807, 2.05) is 32.9 Å². The molecule has 0 bridgehead atoms. The SMILES string of the molecule is CC(=O)N(C)Cc1cc2c(c(-c3ccc(C#N)cc3)c1)CN(C(=O)OC(C)(C)C)C2. The van der Waals surface area contributed by atoms with Gasteiger partial charge in [-0.1, -0.05) is 18.2 Å². The van der Waals surface area contributed by atoms with Crippen LogP contribution in [-0.4, -0.2) is 34.4 Å². The first-order valence-corrected chi connectivity index (χ1v) is 9.92. The number of amides is 2. The van der Waals surface area contributed by atoms with Crippen molar-refractivity contribution in [1.82, 2.24) is 9.80 Å². The molecule has 0 aromatic heterocycles. The van der Waals surface area contributed by atoms with E-state index in [0.717, 1.165) is 27.8 Å². The van der Waals surface area contributed by atoms with Crippen LogP contribution in [0.4, 0.5) is 4.79 Å². The Morgan fingerprint density at radius 2 is 1.83 bits per heavy atom. The number of nitriles is 1. The van der Waals surface area contributed by atoms with E-state index in [2.05, 4.69) is 18.2 Å². The van der Waals surface area contributed by atoms with Gasteiger partial charge in [-0.3, -0.25) is 9.69 Å². The second kappa shape index (κ2) is 8.19. The normalized spacial score (nSPS) is 12.9. The molecule has 0 spiro atoms. The number of carbonyl (C=O) groups is 2. The fourth-order valence-electron chi connectivity index (χ4n) is 3.49. The highest BCUT2D eigenvalue weighted by molar-refractivity contribution is 5.76. The third-order valence-electron chi connectivity index (χ3n) is 5.05. The summed E-state index contributed by atoms with van der Waals surface area (Å²) in [7, 11) is 1.77. The summed E-state index contributed by atoms with van der Waals surface area (Å²) in [6, 6.07) is 13.7. The number of benzene rings is 2. The van der Waals surface area contributed by atoms with Crippen LogP contribution < -0.4 is 0 Å². The predicted molar refractivity (Wildman–Crippen MR) is 114 cm³/mol. The number of carbonyl (C=O) groups excluding carboxylic acids is 2. The Hall–Kier alpha value is -3.33. The van der Waals surface area contributed by atoms with Crippen LogP contribution >= 0.6 is 0 Å². The van der Waals surface area contributed by atoms with Crippen molar-refractivity contribution >= 4 is 12.0 Å². The molecule has 0 N–H and O–H groups in total. The number of rotatable bonds is 3. The fourth-order valence-corrected chi connectivity index (χ4v) is 3.49. The molecule has 0 fully saturated rings. The molecule has 1 aliphatic rings. The quantitative estimate of drug-likeness (QED) is 0.756. The zero-order valence-corrected chi connectivity index (χ0v) is 18.2. The molecule has 0 unspecified atom stereocenters. The van der Waals surface area contributed by atoms with Gasteiger partial charge in [0.15, 0.2) is 0 Å². The van der Waals surface area contributed by atoms with Crippen molar-refractivity contribution in [1.29, 1.82) is 5.26 Å². The molecular formula is C24H27N3O3. The van der Waals surface area contributed by atoms with Gasteiger partial charge in [-0.05, 0) is 66.8 Å². The fraction of sp³-hybridized carbons (Fsp3) is 0.375. The van der Waals surface area contributed by atoms with Gasteiger partial charge < -0.3 is 9.64 Å². The molecule has 1 aliphatic heterocycles. The first-order valence-electron chi connectivity index (χ1n) is 9.92. The van der Waals surface area contributed by atoms with E-state index in [0.29, 0.717) is 25.2 Å². The Morgan fingerprint density at radius 1 is 1.17 bits per heavy atom. The number of ether oxygens (including phenoxy) is 1. The summed E-state index contributed by atoms with van der Waals surface area (Å²) < 4.78 is 5.55. The van der Waals surface area contributed by atoms with Gasteiger partial charge in [0.2, 0.25) is 5.91 Å². The Kier molecular flexibility index (Phi) is 5.84. The standard InChI is InChI=1S/C24H27N3O3/c1-16(28)26(5)13-18-10-20-14-27(23(29)30-24(2,3)4)15-22(20)21(11-18)19-8-6-17(12-25)7-9-19/h6-11H,13-15H2,1-5H3. The van der Waals surface area contributed by atoms with Crippen LogP contribution in [0.3, 0.4) is 0 Å². The van der Waals surface area contributed by atoms with Gasteiger partial charge in [0, 0.05) is 27.1 Å². The van der Waals surface area contributed by atoms with E-state index in [4.69, 9.17) is 10.00 Å². The third-order valence-corrected chi connectivity index (χ3v) is 5.05. The number of hydrogen-bond donors (Lipinski definition) is 0. The maximum Gasteiger partial charge on any atom is 0.410 e. The molecule has 156 valence electrons. The van der Waals surface area contributed by atoms with Gasteiger partial charge in [-0.2, -0.15) is 5.26 Å². The van der Waals surface area contributed by atoms with Gasteiger partial charge in [0.05, 0.1) is 18.2 Å². The maximum absolute atomic E-state index is 12.6. The Bertz CT molecular complexity index is 1010. The van der Waals surface area contributed by atoms with Crippen molar-refractivity contribution in [3.63, 3.8) is 0 Å². The van der Waals surface area contributed by atoms with Gasteiger partial charge >= 0.3 is 6.09 Å². The molecular weight excluding hydrogens is 378 g/mol. The van der Waals surface area contributed by atoms with Gasteiger partial charge in [-0.25, -0.2) is 4.79 Å². The largest absolute Gasteiger partial charge is 0.444 e. The summed E-state index contributed by atoms with van der Waals surface area (Å²) in [5.41, 5.74) is 5.14. The van der Waals surface area contributed by atoms with E-state index in [9.17, 15) is 9.59 Å². The molecule has 0 saturated heterocycles. The van der Waals surface area contributed by atoms with Gasteiger partial charge in [0.1, 0.15) is 5.60 Å². The first kappa shape index (κ1) is 21.4. The lowest BCUT2D eigenvalue weighted by Crippen LogP contribution is -2.33. The van der Waals surface area contributed by atoms with Crippen molar-refractivity contribution in [2.75, 3.05) is 7.05 Å². The molecule has 1 heterocycles. The highest BCUT2D eigenvalue weighted by atomic mass is 16.6. The lowest BCUT2D eigenvalue weighted by atomic mass is 9.93. The zero-order chi connectivity index (χ0) is 22.1. The molecule has 6 nitrogen and oxygen atoms in total. The minimum absolute atomic E-state index is 0.00852. The predicted octanol–water partition coefficient (Wildman–Crippen LogP) is 4.45. The molecule has 30 heavy (non-hydrogen) atoms. The topological polar surface area (TPSA) is 73.6 Å². The Labute approximate surface area is 177 Å². The first-order chi connectivity index (χ1) is 14.1. The van der Waals surface area contributed by atoms with Crippen molar-refractivity contribution in [2.24, 2.45) is 0 Å².